The number of likely N-dealkylation sites (tertiary alicyclic amines) is 1. The Morgan fingerprint density at radius 1 is 1.12 bits per heavy atom. The van der Waals surface area contributed by atoms with Crippen molar-refractivity contribution in [2.75, 3.05) is 56.2 Å². The number of benzene rings is 1. The van der Waals surface area contributed by atoms with Crippen molar-refractivity contribution in [3.05, 3.63) is 53.2 Å². The standard InChI is InChI=1S/C33H40N8O2/c1-3-31(42)41-17-16-39(21-26(41)12-13-34)32-28-10-9-25(40-15-4-6-24-18-23(20-35)8-11-30(24)40)19-29(28)36-33(37-32)43-22-27-7-5-14-38(27)2/h3,8,11,18,25-27H,1,4-7,9-10,12,14-17,19,21-22H2,2H3/t25?,26-,27-/m0/s1. The van der Waals surface area contributed by atoms with Gasteiger partial charge in [0, 0.05) is 55.9 Å². The maximum absolute atomic E-state index is 12.5. The molecule has 2 aromatic rings. The summed E-state index contributed by atoms with van der Waals surface area (Å²) in [6.07, 6.45) is 8.54. The van der Waals surface area contributed by atoms with E-state index in [0.29, 0.717) is 49.9 Å². The second-order valence-electron chi connectivity index (χ2n) is 12.2. The minimum Gasteiger partial charge on any atom is -0.462 e. The Morgan fingerprint density at radius 3 is 2.77 bits per heavy atom. The Hall–Kier alpha value is -4.15. The van der Waals surface area contributed by atoms with Crippen LogP contribution in [0.3, 0.4) is 0 Å². The number of aromatic nitrogens is 2. The van der Waals surface area contributed by atoms with Gasteiger partial charge in [-0.1, -0.05) is 6.58 Å². The van der Waals surface area contributed by atoms with Crippen molar-refractivity contribution in [2.24, 2.45) is 0 Å². The normalized spacial score (nSPS) is 23.6. The maximum Gasteiger partial charge on any atom is 0.318 e. The lowest BCUT2D eigenvalue weighted by Crippen LogP contribution is -2.55. The quantitative estimate of drug-likeness (QED) is 0.456. The first-order chi connectivity index (χ1) is 21.0. The Kier molecular flexibility index (Phi) is 8.49. The number of hydrogen-bond acceptors (Lipinski definition) is 9. The number of anilines is 2. The van der Waals surface area contributed by atoms with Gasteiger partial charge in [0.25, 0.3) is 0 Å². The van der Waals surface area contributed by atoms with Crippen LogP contribution in [0.5, 0.6) is 6.01 Å². The second kappa shape index (κ2) is 12.6. The van der Waals surface area contributed by atoms with E-state index in [2.05, 4.69) is 46.5 Å². The molecule has 3 atom stereocenters. The van der Waals surface area contributed by atoms with E-state index in [1.807, 2.05) is 12.1 Å². The van der Waals surface area contributed by atoms with Gasteiger partial charge in [-0.25, -0.2) is 0 Å². The first-order valence-corrected chi connectivity index (χ1v) is 15.6. The van der Waals surface area contributed by atoms with Crippen molar-refractivity contribution in [2.45, 2.75) is 69.5 Å². The third-order valence-electron chi connectivity index (χ3n) is 9.65. The van der Waals surface area contributed by atoms with Crippen molar-refractivity contribution in [3.8, 4) is 18.1 Å². The molecule has 4 aliphatic rings. The molecule has 1 unspecified atom stereocenters. The molecule has 10 nitrogen and oxygen atoms in total. The molecule has 1 amide bonds. The third-order valence-corrected chi connectivity index (χ3v) is 9.65. The number of carbonyl (C=O) groups excluding carboxylic acids is 1. The minimum atomic E-state index is -0.231. The lowest BCUT2D eigenvalue weighted by atomic mass is 9.88. The summed E-state index contributed by atoms with van der Waals surface area (Å²) in [7, 11) is 2.14. The van der Waals surface area contributed by atoms with Crippen LogP contribution in [0.15, 0.2) is 30.9 Å². The molecule has 10 heteroatoms. The lowest BCUT2D eigenvalue weighted by molar-refractivity contribution is -0.128. The highest BCUT2D eigenvalue weighted by Crippen LogP contribution is 2.37. The van der Waals surface area contributed by atoms with Gasteiger partial charge in [0.2, 0.25) is 5.91 Å². The van der Waals surface area contributed by atoms with E-state index in [1.54, 1.807) is 4.90 Å². The van der Waals surface area contributed by atoms with Crippen LogP contribution in [0, 0.1) is 22.7 Å². The van der Waals surface area contributed by atoms with Gasteiger partial charge in [-0.2, -0.15) is 20.5 Å². The number of carbonyl (C=O) groups is 1. The zero-order valence-corrected chi connectivity index (χ0v) is 25.0. The molecule has 0 spiro atoms. The molecule has 6 rings (SSSR count). The zero-order chi connectivity index (χ0) is 29.9. The molecule has 0 saturated carbocycles. The Morgan fingerprint density at radius 2 is 2.00 bits per heavy atom. The number of nitriles is 2. The van der Waals surface area contributed by atoms with Gasteiger partial charge >= 0.3 is 6.01 Å². The first-order valence-electron chi connectivity index (χ1n) is 15.6. The molecule has 0 radical (unpaired) electrons. The van der Waals surface area contributed by atoms with Gasteiger partial charge in [0.05, 0.1) is 35.9 Å². The van der Waals surface area contributed by atoms with E-state index in [1.165, 1.54) is 23.7 Å². The SMILES string of the molecule is C=CC(=O)N1CCN(c2nc(OC[C@@H]3CCCN3C)nc3c2CCC(N2CCCc4cc(C#N)ccc42)C3)C[C@@H]1CC#N. The van der Waals surface area contributed by atoms with E-state index in [4.69, 9.17) is 14.7 Å². The van der Waals surface area contributed by atoms with Crippen LogP contribution in [0.4, 0.5) is 11.5 Å². The van der Waals surface area contributed by atoms with E-state index in [9.17, 15) is 15.3 Å². The van der Waals surface area contributed by atoms with E-state index in [-0.39, 0.29) is 18.4 Å². The molecule has 3 aliphatic heterocycles. The molecule has 1 aromatic carbocycles. The van der Waals surface area contributed by atoms with Crippen LogP contribution < -0.4 is 14.5 Å². The highest BCUT2D eigenvalue weighted by molar-refractivity contribution is 5.87. The van der Waals surface area contributed by atoms with Crippen LogP contribution in [0.2, 0.25) is 0 Å². The average Bonchev–Trinajstić information content (AvgIpc) is 3.46. The molecule has 0 N–H and O–H groups in total. The van der Waals surface area contributed by atoms with Gasteiger partial charge in [-0.3, -0.25) is 4.79 Å². The molecule has 1 aliphatic carbocycles. The third kappa shape index (κ3) is 5.89. The summed E-state index contributed by atoms with van der Waals surface area (Å²) in [5, 5.41) is 18.9. The van der Waals surface area contributed by atoms with Crippen LogP contribution in [-0.4, -0.2) is 90.2 Å². The highest BCUT2D eigenvalue weighted by atomic mass is 16.5. The fraction of sp³-hybridized carbons (Fsp3) is 0.545. The summed E-state index contributed by atoms with van der Waals surface area (Å²) in [4.78, 5) is 31.4. The van der Waals surface area contributed by atoms with Gasteiger partial charge in [-0.05, 0) is 82.0 Å². The van der Waals surface area contributed by atoms with Crippen molar-refractivity contribution >= 4 is 17.4 Å². The van der Waals surface area contributed by atoms with Crippen LogP contribution in [0.25, 0.3) is 0 Å². The van der Waals surface area contributed by atoms with Crippen molar-refractivity contribution in [3.63, 3.8) is 0 Å². The van der Waals surface area contributed by atoms with Crippen LogP contribution >= 0.6 is 0 Å². The molecule has 2 fully saturated rings. The topological polar surface area (TPSA) is 113 Å². The molecule has 1 aromatic heterocycles. The Labute approximate surface area is 254 Å². The first kappa shape index (κ1) is 28.9. The van der Waals surface area contributed by atoms with E-state index >= 15 is 0 Å². The van der Waals surface area contributed by atoms with Crippen LogP contribution in [0.1, 0.15) is 54.5 Å². The summed E-state index contributed by atoms with van der Waals surface area (Å²) in [5.74, 6) is 0.741. The smallest absolute Gasteiger partial charge is 0.318 e. The van der Waals surface area contributed by atoms with E-state index < -0.39 is 0 Å². The number of amides is 1. The number of hydrogen-bond donors (Lipinski definition) is 0. The summed E-state index contributed by atoms with van der Waals surface area (Å²) in [6.45, 7) is 7.95. The largest absolute Gasteiger partial charge is 0.462 e. The molecule has 43 heavy (non-hydrogen) atoms. The summed E-state index contributed by atoms with van der Waals surface area (Å²) >= 11 is 0. The molecule has 0 bridgehead atoms. The van der Waals surface area contributed by atoms with Crippen molar-refractivity contribution in [1.82, 2.24) is 19.8 Å². The average molecular weight is 581 g/mol. The predicted octanol–water partition coefficient (Wildman–Crippen LogP) is 3.25. The number of aryl methyl sites for hydroxylation is 1. The molecule has 224 valence electrons. The number of rotatable bonds is 7. The summed E-state index contributed by atoms with van der Waals surface area (Å²) in [6, 6.07) is 11.5. The van der Waals surface area contributed by atoms with Crippen molar-refractivity contribution < 1.29 is 9.53 Å². The zero-order valence-electron chi connectivity index (χ0n) is 25.0. The van der Waals surface area contributed by atoms with E-state index in [0.717, 1.165) is 68.7 Å². The van der Waals surface area contributed by atoms with Gasteiger partial charge in [-0.15, -0.1) is 0 Å². The second-order valence-corrected chi connectivity index (χ2v) is 12.2. The van der Waals surface area contributed by atoms with Crippen LogP contribution in [-0.2, 0) is 24.1 Å². The predicted molar refractivity (Wildman–Crippen MR) is 164 cm³/mol. The number of piperazine rings is 1. The van der Waals surface area contributed by atoms with Crippen molar-refractivity contribution in [1.29, 1.82) is 10.5 Å². The Balaban J connectivity index is 1.30. The summed E-state index contributed by atoms with van der Waals surface area (Å²) < 4.78 is 6.31. The molecular weight excluding hydrogens is 540 g/mol. The fourth-order valence-corrected chi connectivity index (χ4v) is 7.32. The summed E-state index contributed by atoms with van der Waals surface area (Å²) in [5.41, 5.74) is 5.37. The number of nitrogens with zero attached hydrogens (tertiary/aromatic N) is 8. The minimum absolute atomic E-state index is 0.138. The number of likely N-dealkylation sites (N-methyl/N-ethyl adjacent to an activating group) is 1. The Bertz CT molecular complexity index is 1460. The number of fused-ring (bicyclic) bond motifs is 2. The highest BCUT2D eigenvalue weighted by Gasteiger charge is 2.35. The number of ether oxygens (including phenoxy) is 1. The maximum atomic E-state index is 12.5. The lowest BCUT2D eigenvalue weighted by Gasteiger charge is -2.43. The molecule has 4 heterocycles. The van der Waals surface area contributed by atoms with Gasteiger partial charge < -0.3 is 24.3 Å². The molecular formula is C33H40N8O2. The van der Waals surface area contributed by atoms with Gasteiger partial charge in [0.15, 0.2) is 0 Å². The van der Waals surface area contributed by atoms with Gasteiger partial charge in [0.1, 0.15) is 12.4 Å². The monoisotopic (exact) mass is 580 g/mol. The fourth-order valence-electron chi connectivity index (χ4n) is 7.32. The molecule has 2 saturated heterocycles.